The molecule has 2 aromatic carbocycles. The number of carbonyl (C=O) groups is 3. The monoisotopic (exact) mass is 459 g/mol. The number of benzene rings is 2. The molecule has 1 heterocycles. The Balaban J connectivity index is 1.65. The Labute approximate surface area is 185 Å². The summed E-state index contributed by atoms with van der Waals surface area (Å²) < 4.78 is 23.6. The van der Waals surface area contributed by atoms with Crippen molar-refractivity contribution in [1.29, 1.82) is 0 Å². The van der Waals surface area contributed by atoms with E-state index in [1.807, 2.05) is 6.07 Å². The van der Waals surface area contributed by atoms with Crippen molar-refractivity contribution < 1.29 is 28.4 Å². The first-order valence-electron chi connectivity index (χ1n) is 9.91. The fraction of sp³-hybridized carbons (Fsp3) is 0.286. The lowest BCUT2D eigenvalue weighted by Crippen LogP contribution is -2.63. The highest BCUT2D eigenvalue weighted by Gasteiger charge is 2.62. The molecule has 0 radical (unpaired) electrons. The summed E-state index contributed by atoms with van der Waals surface area (Å²) in [5.74, 6) is 4.69. The Morgan fingerprint density at radius 2 is 1.75 bits per heavy atom. The van der Waals surface area contributed by atoms with Gasteiger partial charge in [0.15, 0.2) is 6.61 Å². The van der Waals surface area contributed by atoms with Crippen LogP contribution in [0.5, 0.6) is 5.75 Å². The molecule has 10 nitrogen and oxygen atoms in total. The summed E-state index contributed by atoms with van der Waals surface area (Å²) in [6.07, 6.45) is -0.552. The molecule has 4 N–H and O–H groups in total. The van der Waals surface area contributed by atoms with Crippen molar-refractivity contribution >= 4 is 25.9 Å². The molecule has 0 aliphatic carbocycles. The van der Waals surface area contributed by atoms with Crippen LogP contribution in [0.4, 0.5) is 4.79 Å². The number of carbonyl (C=O) groups excluding carboxylic acids is 3. The molecular formula is C21H24N4O6P+. The number of nitrogens with one attached hydrogen (secondary N) is 2. The number of piperidine rings is 1. The third kappa shape index (κ3) is 5.81. The highest BCUT2D eigenvalue weighted by Crippen LogP contribution is 2.41. The Kier molecular flexibility index (Phi) is 7.75. The Hall–Kier alpha value is -3.49. The summed E-state index contributed by atoms with van der Waals surface area (Å²) in [6.45, 7) is -0.229. The van der Waals surface area contributed by atoms with Gasteiger partial charge in [-0.05, 0) is 28.7 Å². The van der Waals surface area contributed by atoms with Crippen molar-refractivity contribution in [2.45, 2.75) is 24.7 Å². The molecule has 1 aliphatic heterocycles. The second kappa shape index (κ2) is 10.7. The molecule has 1 aliphatic rings. The molecule has 0 spiro atoms. The highest BCUT2D eigenvalue weighted by molar-refractivity contribution is 7.46. The second-order valence-electron chi connectivity index (χ2n) is 7.08. The van der Waals surface area contributed by atoms with Gasteiger partial charge in [0.2, 0.25) is 0 Å². The van der Waals surface area contributed by atoms with Crippen molar-refractivity contribution in [2.75, 3.05) is 13.2 Å². The van der Waals surface area contributed by atoms with E-state index in [0.717, 1.165) is 10.6 Å². The third-order valence-corrected chi connectivity index (χ3v) is 6.43. The predicted octanol–water partition coefficient (Wildman–Crippen LogP) is 2.04. The largest absolute Gasteiger partial charge is 0.501 e. The van der Waals surface area contributed by atoms with Crippen LogP contribution < -0.4 is 21.0 Å². The Morgan fingerprint density at radius 1 is 1.09 bits per heavy atom. The number of hydrazine groups is 1. The topological polar surface area (TPSA) is 140 Å². The first-order valence-corrected chi connectivity index (χ1v) is 11.2. The van der Waals surface area contributed by atoms with Crippen molar-refractivity contribution in [3.8, 4) is 5.75 Å². The van der Waals surface area contributed by atoms with E-state index in [0.29, 0.717) is 12.2 Å². The zero-order chi connectivity index (χ0) is 23.0. The van der Waals surface area contributed by atoms with E-state index in [9.17, 15) is 18.9 Å². The number of nitrogens with zero attached hydrogens (tertiary/aromatic N) is 1. The lowest BCUT2D eigenvalue weighted by molar-refractivity contribution is -0.138. The zero-order valence-corrected chi connectivity index (χ0v) is 18.1. The normalized spacial score (nSPS) is 18.5. The standard InChI is InChI=1S/C21H23N4O6P/c22-25-13-7-12-21(19(25)27,23-20(28)31-14-16-8-3-1-4-9-16)32(29)24-18(26)15-30-17-10-5-2-6-11-17/h1-6,8-11H,7,12-15,22H2,(H-,23,24,26,28,29)/p+1. The molecule has 11 heteroatoms. The molecule has 3 amide bonds. The molecule has 2 atom stereocenters. The van der Waals surface area contributed by atoms with E-state index in [1.165, 1.54) is 0 Å². The van der Waals surface area contributed by atoms with E-state index >= 15 is 0 Å². The number of rotatable bonds is 8. The molecule has 168 valence electrons. The van der Waals surface area contributed by atoms with Gasteiger partial charge in [-0.1, -0.05) is 48.5 Å². The summed E-state index contributed by atoms with van der Waals surface area (Å²) >= 11 is 0. The minimum atomic E-state index is -2.78. The van der Waals surface area contributed by atoms with Gasteiger partial charge in [-0.25, -0.2) is 10.6 Å². The molecule has 3 rings (SSSR count). The molecule has 2 unspecified atom stereocenters. The lowest BCUT2D eigenvalue weighted by atomic mass is 10.1. The van der Waals surface area contributed by atoms with Crippen LogP contribution in [0.15, 0.2) is 60.7 Å². The number of para-hydroxylation sites is 1. The second-order valence-corrected chi connectivity index (χ2v) is 8.66. The minimum Gasteiger partial charge on any atom is -0.484 e. The van der Waals surface area contributed by atoms with E-state index in [4.69, 9.17) is 15.3 Å². The Bertz CT molecular complexity index is 975. The summed E-state index contributed by atoms with van der Waals surface area (Å²) in [5.41, 5.74) is 0.739. The maximum absolute atomic E-state index is 13.1. The highest BCUT2D eigenvalue weighted by atomic mass is 31.1. The van der Waals surface area contributed by atoms with Crippen LogP contribution in [0.2, 0.25) is 0 Å². The maximum atomic E-state index is 13.1. The minimum absolute atomic E-state index is 0.0228. The molecular weight excluding hydrogens is 435 g/mol. The number of alkyl carbamates (subject to hydrolysis) is 1. The van der Waals surface area contributed by atoms with Gasteiger partial charge >= 0.3 is 25.2 Å². The first-order chi connectivity index (χ1) is 15.4. The van der Waals surface area contributed by atoms with Gasteiger partial charge in [-0.15, -0.1) is 5.09 Å². The van der Waals surface area contributed by atoms with Gasteiger partial charge in [0.05, 0.1) is 0 Å². The van der Waals surface area contributed by atoms with Crippen LogP contribution in [0.3, 0.4) is 0 Å². The fourth-order valence-electron chi connectivity index (χ4n) is 3.14. The number of nitrogens with two attached hydrogens (primary N) is 1. The van der Waals surface area contributed by atoms with Gasteiger partial charge in [0, 0.05) is 13.0 Å². The lowest BCUT2D eigenvalue weighted by Gasteiger charge is -2.31. The van der Waals surface area contributed by atoms with Crippen molar-refractivity contribution in [3.63, 3.8) is 0 Å². The zero-order valence-electron chi connectivity index (χ0n) is 17.2. The molecule has 2 aromatic rings. The van der Waals surface area contributed by atoms with Crippen molar-refractivity contribution in [2.24, 2.45) is 5.84 Å². The molecule has 1 saturated heterocycles. The SMILES string of the molecule is NN1CCCC(NC(=O)OCc2ccccc2)([P+](=O)NC(=O)COc2ccccc2)C1=O. The van der Waals surface area contributed by atoms with Gasteiger partial charge in [-0.3, -0.25) is 19.9 Å². The van der Waals surface area contributed by atoms with Crippen LogP contribution in [-0.2, 0) is 25.5 Å². The number of hydrogen-bond donors (Lipinski definition) is 3. The molecule has 32 heavy (non-hydrogen) atoms. The van der Waals surface area contributed by atoms with Crippen LogP contribution in [0.25, 0.3) is 0 Å². The van der Waals surface area contributed by atoms with E-state index < -0.39 is 37.7 Å². The first kappa shape index (κ1) is 23.2. The average molecular weight is 459 g/mol. The molecule has 1 fully saturated rings. The summed E-state index contributed by atoms with van der Waals surface area (Å²) in [7, 11) is -2.78. The quantitative estimate of drug-likeness (QED) is 0.312. The van der Waals surface area contributed by atoms with Gasteiger partial charge < -0.3 is 9.47 Å². The van der Waals surface area contributed by atoms with Crippen LogP contribution in [0.1, 0.15) is 18.4 Å². The summed E-state index contributed by atoms with van der Waals surface area (Å²) in [4.78, 5) is 37.5. The Morgan fingerprint density at radius 3 is 2.44 bits per heavy atom. The van der Waals surface area contributed by atoms with Gasteiger partial charge in [0.1, 0.15) is 12.4 Å². The van der Waals surface area contributed by atoms with Crippen LogP contribution in [0, 0.1) is 0 Å². The average Bonchev–Trinajstić information content (AvgIpc) is 2.80. The predicted molar refractivity (Wildman–Crippen MR) is 115 cm³/mol. The van der Waals surface area contributed by atoms with Crippen LogP contribution in [-0.4, -0.2) is 41.3 Å². The number of amides is 3. The van der Waals surface area contributed by atoms with Gasteiger partial charge in [0.25, 0.3) is 5.91 Å². The van der Waals surface area contributed by atoms with Crippen molar-refractivity contribution in [3.05, 3.63) is 66.2 Å². The van der Waals surface area contributed by atoms with E-state index in [1.54, 1.807) is 54.6 Å². The number of ether oxygens (including phenoxy) is 2. The molecule has 0 saturated carbocycles. The smallest absolute Gasteiger partial charge is 0.484 e. The molecule has 0 aromatic heterocycles. The fourth-order valence-corrected chi connectivity index (χ4v) is 4.48. The van der Waals surface area contributed by atoms with E-state index in [2.05, 4.69) is 10.4 Å². The summed E-state index contributed by atoms with van der Waals surface area (Å²) in [5, 5.41) is 3.61. The van der Waals surface area contributed by atoms with E-state index in [-0.39, 0.29) is 19.6 Å². The number of hydrogen-bond acceptors (Lipinski definition) is 7. The maximum Gasteiger partial charge on any atom is 0.501 e. The summed E-state index contributed by atoms with van der Waals surface area (Å²) in [6, 6.07) is 17.5. The van der Waals surface area contributed by atoms with Gasteiger partial charge in [-0.2, -0.15) is 0 Å². The van der Waals surface area contributed by atoms with Crippen LogP contribution >= 0.6 is 7.95 Å². The third-order valence-electron chi connectivity index (χ3n) is 4.76. The molecule has 0 bridgehead atoms. The van der Waals surface area contributed by atoms with Crippen molar-refractivity contribution in [1.82, 2.24) is 15.4 Å².